The summed E-state index contributed by atoms with van der Waals surface area (Å²) in [5.74, 6) is -1.04. The van der Waals surface area contributed by atoms with Crippen molar-refractivity contribution in [2.45, 2.75) is 13.3 Å². The molecule has 7 nitrogen and oxygen atoms in total. The Balaban J connectivity index is 1.74. The van der Waals surface area contributed by atoms with Gasteiger partial charge in [0.05, 0.1) is 16.5 Å². The molecule has 3 rings (SSSR count). The van der Waals surface area contributed by atoms with E-state index in [-0.39, 0.29) is 30.5 Å². The number of rotatable bonds is 4. The molecule has 1 aliphatic heterocycles. The Morgan fingerprint density at radius 2 is 1.96 bits per heavy atom. The van der Waals surface area contributed by atoms with Crippen LogP contribution in [-0.4, -0.2) is 23.3 Å². The topological polar surface area (TPSA) is 92.6 Å². The lowest BCUT2D eigenvalue weighted by Crippen LogP contribution is -2.28. The number of nitro benzene ring substituents is 1. The standard InChI is InChI=1S/C18H16ClN3O4/c1-11-2-7-15(9-16(11)22(25)26)21-10-12(8-17(21)23)18(24)20-14-5-3-13(19)4-6-14/h2-7,9,12H,8,10H2,1H3,(H,20,24)/t12-/m1/s1. The maximum absolute atomic E-state index is 12.4. The zero-order chi connectivity index (χ0) is 18.8. The van der Waals surface area contributed by atoms with Gasteiger partial charge in [-0.2, -0.15) is 0 Å². The normalized spacial score (nSPS) is 16.6. The van der Waals surface area contributed by atoms with E-state index >= 15 is 0 Å². The zero-order valence-electron chi connectivity index (χ0n) is 13.9. The average Bonchev–Trinajstić information content (AvgIpc) is 2.99. The monoisotopic (exact) mass is 373 g/mol. The van der Waals surface area contributed by atoms with E-state index in [0.717, 1.165) is 0 Å². The second-order valence-electron chi connectivity index (χ2n) is 6.13. The van der Waals surface area contributed by atoms with Gasteiger partial charge < -0.3 is 10.2 Å². The van der Waals surface area contributed by atoms with Crippen LogP contribution >= 0.6 is 11.6 Å². The first-order valence-electron chi connectivity index (χ1n) is 7.97. The largest absolute Gasteiger partial charge is 0.326 e. The Kier molecular flexibility index (Phi) is 4.90. The van der Waals surface area contributed by atoms with E-state index in [9.17, 15) is 19.7 Å². The number of anilines is 2. The number of aryl methyl sites for hydroxylation is 1. The Morgan fingerprint density at radius 3 is 2.62 bits per heavy atom. The molecule has 0 aromatic heterocycles. The predicted molar refractivity (Wildman–Crippen MR) is 98.4 cm³/mol. The SMILES string of the molecule is Cc1ccc(N2C[C@H](C(=O)Nc3ccc(Cl)cc3)CC2=O)cc1[N+](=O)[O-]. The predicted octanol–water partition coefficient (Wildman–Crippen LogP) is 3.55. The molecule has 0 radical (unpaired) electrons. The number of nitrogens with one attached hydrogen (secondary N) is 1. The number of carbonyl (C=O) groups is 2. The third-order valence-corrected chi connectivity index (χ3v) is 4.56. The van der Waals surface area contributed by atoms with Crippen LogP contribution < -0.4 is 10.2 Å². The molecule has 1 aliphatic rings. The minimum absolute atomic E-state index is 0.0515. The van der Waals surface area contributed by atoms with Crippen molar-refractivity contribution in [3.05, 3.63) is 63.2 Å². The smallest absolute Gasteiger partial charge is 0.274 e. The van der Waals surface area contributed by atoms with Crippen molar-refractivity contribution in [3.8, 4) is 0 Å². The van der Waals surface area contributed by atoms with Crippen molar-refractivity contribution in [1.29, 1.82) is 0 Å². The van der Waals surface area contributed by atoms with Crippen LogP contribution in [0.25, 0.3) is 0 Å². The Hall–Kier alpha value is -2.93. The summed E-state index contributed by atoms with van der Waals surface area (Å²) in [6.45, 7) is 1.81. The highest BCUT2D eigenvalue weighted by Gasteiger charge is 2.35. The second-order valence-corrected chi connectivity index (χ2v) is 6.57. The van der Waals surface area contributed by atoms with Crippen molar-refractivity contribution in [2.24, 2.45) is 5.92 Å². The summed E-state index contributed by atoms with van der Waals surface area (Å²) in [6.07, 6.45) is 0.0566. The van der Waals surface area contributed by atoms with Gasteiger partial charge in [-0.15, -0.1) is 0 Å². The number of amides is 2. The van der Waals surface area contributed by atoms with E-state index in [1.165, 1.54) is 11.0 Å². The van der Waals surface area contributed by atoms with Crippen molar-refractivity contribution < 1.29 is 14.5 Å². The van der Waals surface area contributed by atoms with E-state index in [4.69, 9.17) is 11.6 Å². The number of nitrogens with zero attached hydrogens (tertiary/aromatic N) is 2. The molecule has 2 aromatic carbocycles. The molecule has 0 saturated carbocycles. The summed E-state index contributed by atoms with van der Waals surface area (Å²) < 4.78 is 0. The van der Waals surface area contributed by atoms with E-state index in [0.29, 0.717) is 22.0 Å². The van der Waals surface area contributed by atoms with E-state index in [1.54, 1.807) is 43.3 Å². The van der Waals surface area contributed by atoms with Gasteiger partial charge in [0.1, 0.15) is 0 Å². The van der Waals surface area contributed by atoms with Crippen molar-refractivity contribution >= 4 is 40.5 Å². The summed E-state index contributed by atoms with van der Waals surface area (Å²) in [5.41, 5.74) is 1.48. The Morgan fingerprint density at radius 1 is 1.27 bits per heavy atom. The van der Waals surface area contributed by atoms with Gasteiger partial charge in [-0.3, -0.25) is 19.7 Å². The van der Waals surface area contributed by atoms with Gasteiger partial charge >= 0.3 is 0 Å². The molecule has 0 unspecified atom stereocenters. The number of nitro groups is 1. The average molecular weight is 374 g/mol. The minimum atomic E-state index is -0.529. The molecule has 1 atom stereocenters. The number of carbonyl (C=O) groups excluding carboxylic acids is 2. The van der Waals surface area contributed by atoms with Crippen molar-refractivity contribution in [1.82, 2.24) is 0 Å². The van der Waals surface area contributed by atoms with E-state index in [2.05, 4.69) is 5.32 Å². The zero-order valence-corrected chi connectivity index (χ0v) is 14.7. The summed E-state index contributed by atoms with van der Waals surface area (Å²) in [6, 6.07) is 11.3. The van der Waals surface area contributed by atoms with Crippen LogP contribution in [0.4, 0.5) is 17.1 Å². The first kappa shape index (κ1) is 17.9. The van der Waals surface area contributed by atoms with Crippen LogP contribution in [0.3, 0.4) is 0 Å². The van der Waals surface area contributed by atoms with Gasteiger partial charge in [0.25, 0.3) is 5.69 Å². The van der Waals surface area contributed by atoms with Crippen molar-refractivity contribution in [2.75, 3.05) is 16.8 Å². The van der Waals surface area contributed by atoms with Gasteiger partial charge in [-0.05, 0) is 37.3 Å². The molecule has 2 aromatic rings. The molecule has 8 heteroatoms. The summed E-state index contributed by atoms with van der Waals surface area (Å²) >= 11 is 5.82. The number of benzene rings is 2. The molecule has 0 spiro atoms. The van der Waals surface area contributed by atoms with Crippen LogP contribution in [0.15, 0.2) is 42.5 Å². The number of hydrogen-bond acceptors (Lipinski definition) is 4. The fourth-order valence-electron chi connectivity index (χ4n) is 2.87. The molecule has 2 amide bonds. The third-order valence-electron chi connectivity index (χ3n) is 4.31. The molecule has 134 valence electrons. The van der Waals surface area contributed by atoms with Gasteiger partial charge in [-0.1, -0.05) is 17.7 Å². The van der Waals surface area contributed by atoms with Crippen LogP contribution in [0, 0.1) is 23.0 Å². The maximum Gasteiger partial charge on any atom is 0.274 e. The molecule has 1 saturated heterocycles. The highest BCUT2D eigenvalue weighted by molar-refractivity contribution is 6.30. The van der Waals surface area contributed by atoms with Crippen LogP contribution in [-0.2, 0) is 9.59 Å². The molecular weight excluding hydrogens is 358 g/mol. The van der Waals surface area contributed by atoms with E-state index in [1.807, 2.05) is 0 Å². The lowest BCUT2D eigenvalue weighted by molar-refractivity contribution is -0.385. The summed E-state index contributed by atoms with van der Waals surface area (Å²) in [4.78, 5) is 36.8. The highest BCUT2D eigenvalue weighted by Crippen LogP contribution is 2.30. The highest BCUT2D eigenvalue weighted by atomic mass is 35.5. The quantitative estimate of drug-likeness (QED) is 0.655. The van der Waals surface area contributed by atoms with Crippen LogP contribution in [0.1, 0.15) is 12.0 Å². The number of halogens is 1. The molecule has 0 bridgehead atoms. The van der Waals surface area contributed by atoms with Gasteiger partial charge in [0.15, 0.2) is 0 Å². The molecular formula is C18H16ClN3O4. The maximum atomic E-state index is 12.4. The van der Waals surface area contributed by atoms with Gasteiger partial charge in [0.2, 0.25) is 11.8 Å². The summed E-state index contributed by atoms with van der Waals surface area (Å²) in [5, 5.41) is 14.4. The first-order chi connectivity index (χ1) is 12.3. The Bertz CT molecular complexity index is 883. The molecule has 1 fully saturated rings. The summed E-state index contributed by atoms with van der Waals surface area (Å²) in [7, 11) is 0. The molecule has 26 heavy (non-hydrogen) atoms. The Labute approximate surface area is 154 Å². The molecule has 1 heterocycles. The van der Waals surface area contributed by atoms with Gasteiger partial charge in [0, 0.05) is 35.3 Å². The molecule has 0 aliphatic carbocycles. The molecule has 1 N–H and O–H groups in total. The fraction of sp³-hybridized carbons (Fsp3) is 0.222. The lowest BCUT2D eigenvalue weighted by atomic mass is 10.1. The van der Waals surface area contributed by atoms with Crippen molar-refractivity contribution in [3.63, 3.8) is 0 Å². The second kappa shape index (κ2) is 7.13. The first-order valence-corrected chi connectivity index (χ1v) is 8.35. The number of hydrogen-bond donors (Lipinski definition) is 1. The van der Waals surface area contributed by atoms with E-state index < -0.39 is 10.8 Å². The van der Waals surface area contributed by atoms with Crippen LogP contribution in [0.5, 0.6) is 0 Å². The minimum Gasteiger partial charge on any atom is -0.326 e. The fourth-order valence-corrected chi connectivity index (χ4v) is 3.00. The lowest BCUT2D eigenvalue weighted by Gasteiger charge is -2.17. The van der Waals surface area contributed by atoms with Gasteiger partial charge in [-0.25, -0.2) is 0 Å². The third kappa shape index (κ3) is 3.67. The van der Waals surface area contributed by atoms with Crippen LogP contribution in [0.2, 0.25) is 5.02 Å².